The Balaban J connectivity index is 2.41. The standard InChI is InChI=1S/C12H17N3O4S2/c1-13-11-7-9(15(16)17)3-4-12(11)21(18,19)14(2)10-5-6-20-8-10/h3-4,7,10,13H,5-6,8H2,1-2H3. The number of anilines is 1. The fourth-order valence-corrected chi connectivity index (χ4v) is 5.14. The van der Waals surface area contributed by atoms with Crippen LogP contribution in [0, 0.1) is 10.1 Å². The Morgan fingerprint density at radius 1 is 1.48 bits per heavy atom. The fraction of sp³-hybridized carbons (Fsp3) is 0.500. The molecule has 0 radical (unpaired) electrons. The SMILES string of the molecule is CNc1cc([N+](=O)[O-])ccc1S(=O)(=O)N(C)C1CCSC1. The smallest absolute Gasteiger partial charge is 0.271 e. The summed E-state index contributed by atoms with van der Waals surface area (Å²) in [6.45, 7) is 0. The van der Waals surface area contributed by atoms with Crippen LogP contribution >= 0.6 is 11.8 Å². The minimum atomic E-state index is -3.67. The summed E-state index contributed by atoms with van der Waals surface area (Å²) in [5, 5.41) is 13.5. The van der Waals surface area contributed by atoms with Crippen LogP contribution in [0.2, 0.25) is 0 Å². The summed E-state index contributed by atoms with van der Waals surface area (Å²) < 4.78 is 26.7. The van der Waals surface area contributed by atoms with Gasteiger partial charge in [-0.1, -0.05) is 0 Å². The molecule has 1 aliphatic rings. The Hall–Kier alpha value is -1.32. The van der Waals surface area contributed by atoms with Crippen LogP contribution in [0.3, 0.4) is 0 Å². The van der Waals surface area contributed by atoms with Gasteiger partial charge < -0.3 is 5.32 Å². The number of nitro benzene ring substituents is 1. The van der Waals surface area contributed by atoms with Crippen molar-refractivity contribution in [2.24, 2.45) is 0 Å². The summed E-state index contributed by atoms with van der Waals surface area (Å²) in [6, 6.07) is 3.72. The maximum atomic E-state index is 12.7. The number of thioether (sulfide) groups is 1. The molecule has 1 N–H and O–H groups in total. The number of non-ortho nitro benzene ring substituents is 1. The lowest BCUT2D eigenvalue weighted by molar-refractivity contribution is -0.384. The summed E-state index contributed by atoms with van der Waals surface area (Å²) in [6.07, 6.45) is 0.822. The Morgan fingerprint density at radius 3 is 2.71 bits per heavy atom. The summed E-state index contributed by atoms with van der Waals surface area (Å²) in [5.74, 6) is 1.72. The van der Waals surface area contributed by atoms with Gasteiger partial charge in [-0.05, 0) is 18.2 Å². The molecule has 1 unspecified atom stereocenters. The van der Waals surface area contributed by atoms with E-state index in [1.54, 1.807) is 25.9 Å². The second kappa shape index (κ2) is 6.20. The van der Waals surface area contributed by atoms with Crippen LogP contribution in [0.1, 0.15) is 6.42 Å². The quantitative estimate of drug-likeness (QED) is 0.653. The van der Waals surface area contributed by atoms with Gasteiger partial charge in [-0.3, -0.25) is 10.1 Å². The number of nitro groups is 1. The first-order chi connectivity index (χ1) is 9.87. The molecule has 0 aliphatic carbocycles. The highest BCUT2D eigenvalue weighted by Crippen LogP contribution is 2.31. The summed E-state index contributed by atoms with van der Waals surface area (Å²) >= 11 is 1.73. The lowest BCUT2D eigenvalue weighted by atomic mass is 10.3. The number of sulfonamides is 1. The van der Waals surface area contributed by atoms with Crippen LogP contribution in [-0.4, -0.2) is 49.3 Å². The second-order valence-corrected chi connectivity index (χ2v) is 7.84. The number of benzene rings is 1. The molecule has 1 heterocycles. The average molecular weight is 331 g/mol. The van der Waals surface area contributed by atoms with Gasteiger partial charge in [-0.25, -0.2) is 8.42 Å². The largest absolute Gasteiger partial charge is 0.387 e. The molecule has 21 heavy (non-hydrogen) atoms. The van der Waals surface area contributed by atoms with Gasteiger partial charge in [-0.2, -0.15) is 16.1 Å². The van der Waals surface area contributed by atoms with Crippen LogP contribution in [0.5, 0.6) is 0 Å². The van der Waals surface area contributed by atoms with Crippen molar-refractivity contribution in [2.45, 2.75) is 17.4 Å². The first-order valence-electron chi connectivity index (χ1n) is 6.40. The molecule has 1 aromatic rings. The first-order valence-corrected chi connectivity index (χ1v) is 8.99. The van der Waals surface area contributed by atoms with Gasteiger partial charge in [0, 0.05) is 38.0 Å². The Labute approximate surface area is 127 Å². The van der Waals surface area contributed by atoms with Crippen molar-refractivity contribution in [1.82, 2.24) is 4.31 Å². The lowest BCUT2D eigenvalue weighted by Gasteiger charge is -2.24. The molecule has 116 valence electrons. The van der Waals surface area contributed by atoms with E-state index in [1.807, 2.05) is 0 Å². The van der Waals surface area contributed by atoms with Crippen molar-refractivity contribution < 1.29 is 13.3 Å². The molecular weight excluding hydrogens is 314 g/mol. The van der Waals surface area contributed by atoms with Crippen LogP contribution < -0.4 is 5.32 Å². The predicted molar refractivity (Wildman–Crippen MR) is 83.3 cm³/mol. The average Bonchev–Trinajstić information content (AvgIpc) is 2.99. The van der Waals surface area contributed by atoms with Crippen molar-refractivity contribution in [1.29, 1.82) is 0 Å². The summed E-state index contributed by atoms with van der Waals surface area (Å²) in [5.41, 5.74) is 0.0964. The van der Waals surface area contributed by atoms with Crippen LogP contribution in [0.25, 0.3) is 0 Å². The Kier molecular flexibility index (Phi) is 4.74. The molecule has 0 spiro atoms. The van der Waals surface area contributed by atoms with E-state index in [0.29, 0.717) is 0 Å². The number of rotatable bonds is 5. The van der Waals surface area contributed by atoms with Gasteiger partial charge in [-0.15, -0.1) is 0 Å². The zero-order chi connectivity index (χ0) is 15.6. The molecule has 1 saturated heterocycles. The van der Waals surface area contributed by atoms with E-state index in [0.717, 1.165) is 17.9 Å². The molecule has 1 fully saturated rings. The van der Waals surface area contributed by atoms with Crippen molar-refractivity contribution in [2.75, 3.05) is 30.9 Å². The van der Waals surface area contributed by atoms with Crippen molar-refractivity contribution >= 4 is 33.2 Å². The minimum absolute atomic E-state index is 0.0279. The van der Waals surface area contributed by atoms with E-state index in [1.165, 1.54) is 22.5 Å². The third-order valence-corrected chi connectivity index (χ3v) is 6.63. The molecule has 0 amide bonds. The van der Waals surface area contributed by atoms with E-state index >= 15 is 0 Å². The van der Waals surface area contributed by atoms with Crippen molar-refractivity contribution in [3.63, 3.8) is 0 Å². The van der Waals surface area contributed by atoms with Gasteiger partial charge in [0.2, 0.25) is 10.0 Å². The van der Waals surface area contributed by atoms with Gasteiger partial charge >= 0.3 is 0 Å². The predicted octanol–water partition coefficient (Wildman–Crippen LogP) is 1.76. The molecule has 0 bridgehead atoms. The minimum Gasteiger partial charge on any atom is -0.387 e. The maximum absolute atomic E-state index is 12.7. The van der Waals surface area contributed by atoms with Crippen molar-refractivity contribution in [3.05, 3.63) is 28.3 Å². The third-order valence-electron chi connectivity index (χ3n) is 3.52. The molecule has 0 aromatic heterocycles. The number of nitrogens with one attached hydrogen (secondary N) is 1. The molecular formula is C12H17N3O4S2. The lowest BCUT2D eigenvalue weighted by Crippen LogP contribution is -2.37. The highest BCUT2D eigenvalue weighted by atomic mass is 32.2. The monoisotopic (exact) mass is 331 g/mol. The van der Waals surface area contributed by atoms with Crippen molar-refractivity contribution in [3.8, 4) is 0 Å². The Morgan fingerprint density at radius 2 is 2.19 bits per heavy atom. The molecule has 2 rings (SSSR count). The van der Waals surface area contributed by atoms with Gasteiger partial charge in [0.15, 0.2) is 0 Å². The van der Waals surface area contributed by atoms with Crippen LogP contribution in [0.4, 0.5) is 11.4 Å². The maximum Gasteiger partial charge on any atom is 0.271 e. The highest BCUT2D eigenvalue weighted by molar-refractivity contribution is 7.99. The zero-order valence-electron chi connectivity index (χ0n) is 11.8. The zero-order valence-corrected chi connectivity index (χ0v) is 13.4. The summed E-state index contributed by atoms with van der Waals surface area (Å²) in [7, 11) is -0.565. The normalized spacial score (nSPS) is 18.9. The highest BCUT2D eigenvalue weighted by Gasteiger charge is 2.32. The number of hydrogen-bond acceptors (Lipinski definition) is 6. The van der Waals surface area contributed by atoms with Gasteiger partial charge in [0.1, 0.15) is 4.90 Å². The first kappa shape index (κ1) is 16.1. The Bertz CT molecular complexity index is 642. The molecule has 9 heteroatoms. The molecule has 1 aromatic carbocycles. The van der Waals surface area contributed by atoms with E-state index in [4.69, 9.17) is 0 Å². The van der Waals surface area contributed by atoms with E-state index in [-0.39, 0.29) is 22.3 Å². The van der Waals surface area contributed by atoms with E-state index in [9.17, 15) is 18.5 Å². The van der Waals surface area contributed by atoms with Crippen LogP contribution in [0.15, 0.2) is 23.1 Å². The molecule has 1 aliphatic heterocycles. The van der Waals surface area contributed by atoms with Crippen LogP contribution in [-0.2, 0) is 10.0 Å². The van der Waals surface area contributed by atoms with E-state index < -0.39 is 14.9 Å². The molecule has 7 nitrogen and oxygen atoms in total. The topological polar surface area (TPSA) is 92.5 Å². The van der Waals surface area contributed by atoms with E-state index in [2.05, 4.69) is 5.32 Å². The number of hydrogen-bond donors (Lipinski definition) is 1. The van der Waals surface area contributed by atoms with Gasteiger partial charge in [0.25, 0.3) is 5.69 Å². The third kappa shape index (κ3) is 3.14. The van der Waals surface area contributed by atoms with Gasteiger partial charge in [0.05, 0.1) is 10.6 Å². The molecule has 0 saturated carbocycles. The fourth-order valence-electron chi connectivity index (χ4n) is 2.21. The second-order valence-electron chi connectivity index (χ2n) is 4.73. The number of nitrogens with zero attached hydrogens (tertiary/aromatic N) is 2. The summed E-state index contributed by atoms with van der Waals surface area (Å²) in [4.78, 5) is 10.3. The molecule has 1 atom stereocenters.